The summed E-state index contributed by atoms with van der Waals surface area (Å²) in [6.07, 6.45) is 0. The molecule has 6 heavy (non-hydrogen) atoms. The SMILES string of the molecule is CC(C)CO.[Ni]. The molecule has 0 aliphatic carbocycles. The van der Waals surface area contributed by atoms with Gasteiger partial charge in [-0.2, -0.15) is 0 Å². The van der Waals surface area contributed by atoms with Gasteiger partial charge in [-0.3, -0.25) is 0 Å². The Kier molecular flexibility index (Phi) is 8.80. The summed E-state index contributed by atoms with van der Waals surface area (Å²) in [6.45, 7) is 4.25. The minimum Gasteiger partial charge on any atom is -0.396 e. The molecule has 0 aromatic carbocycles. The van der Waals surface area contributed by atoms with E-state index in [1.165, 1.54) is 0 Å². The van der Waals surface area contributed by atoms with Gasteiger partial charge < -0.3 is 5.11 Å². The van der Waals surface area contributed by atoms with E-state index in [-0.39, 0.29) is 16.5 Å². The Balaban J connectivity index is 0. The first-order chi connectivity index (χ1) is 2.27. The maximum Gasteiger partial charge on any atom is 0.0453 e. The van der Waals surface area contributed by atoms with Gasteiger partial charge >= 0.3 is 0 Å². The van der Waals surface area contributed by atoms with E-state index in [0.717, 1.165) is 0 Å². The first-order valence-corrected chi connectivity index (χ1v) is 1.88. The van der Waals surface area contributed by atoms with Gasteiger partial charge in [0.25, 0.3) is 0 Å². The molecule has 0 bridgehead atoms. The zero-order chi connectivity index (χ0) is 4.28. The van der Waals surface area contributed by atoms with Crippen LogP contribution in [0.5, 0.6) is 0 Å². The van der Waals surface area contributed by atoms with Crippen molar-refractivity contribution in [3.63, 3.8) is 0 Å². The van der Waals surface area contributed by atoms with Gasteiger partial charge in [-0.15, -0.1) is 0 Å². The van der Waals surface area contributed by atoms with E-state index in [1.807, 2.05) is 13.8 Å². The van der Waals surface area contributed by atoms with Crippen LogP contribution in [0.15, 0.2) is 0 Å². The van der Waals surface area contributed by atoms with Gasteiger partial charge in [-0.05, 0) is 5.92 Å². The summed E-state index contributed by atoms with van der Waals surface area (Å²) in [4.78, 5) is 0. The Morgan fingerprint density at radius 1 is 1.50 bits per heavy atom. The van der Waals surface area contributed by atoms with Crippen LogP contribution < -0.4 is 0 Å². The van der Waals surface area contributed by atoms with Crippen LogP contribution in [0.4, 0.5) is 0 Å². The fourth-order valence-electron chi connectivity index (χ4n) is 0. The Morgan fingerprint density at radius 2 is 1.67 bits per heavy atom. The van der Waals surface area contributed by atoms with E-state index in [2.05, 4.69) is 0 Å². The molecular weight excluding hydrogens is 123 g/mol. The molecule has 0 radical (unpaired) electrons. The van der Waals surface area contributed by atoms with E-state index >= 15 is 0 Å². The number of hydrogen-bond acceptors (Lipinski definition) is 1. The molecule has 0 spiro atoms. The number of rotatable bonds is 1. The summed E-state index contributed by atoms with van der Waals surface area (Å²) in [6, 6.07) is 0. The van der Waals surface area contributed by atoms with E-state index in [9.17, 15) is 0 Å². The largest absolute Gasteiger partial charge is 0.396 e. The topological polar surface area (TPSA) is 20.2 Å². The molecule has 42 valence electrons. The van der Waals surface area contributed by atoms with Crippen LogP contribution in [0.1, 0.15) is 13.8 Å². The van der Waals surface area contributed by atoms with Gasteiger partial charge in [0.15, 0.2) is 0 Å². The summed E-state index contributed by atoms with van der Waals surface area (Å²) < 4.78 is 0. The van der Waals surface area contributed by atoms with E-state index in [1.54, 1.807) is 0 Å². The molecule has 0 atom stereocenters. The first kappa shape index (κ1) is 9.68. The third kappa shape index (κ3) is 8.82. The zero-order valence-electron chi connectivity index (χ0n) is 4.05. The van der Waals surface area contributed by atoms with E-state index in [4.69, 9.17) is 5.11 Å². The second-order valence-electron chi connectivity index (χ2n) is 1.58. The second-order valence-corrected chi connectivity index (χ2v) is 1.58. The van der Waals surface area contributed by atoms with Crippen molar-refractivity contribution in [2.45, 2.75) is 13.8 Å². The Hall–Kier alpha value is 0.454. The van der Waals surface area contributed by atoms with Crippen LogP contribution in [0.3, 0.4) is 0 Å². The summed E-state index contributed by atoms with van der Waals surface area (Å²) in [7, 11) is 0. The molecule has 1 N–H and O–H groups in total. The smallest absolute Gasteiger partial charge is 0.0453 e. The van der Waals surface area contributed by atoms with Crippen LogP contribution in [0.25, 0.3) is 0 Å². The molecule has 1 nitrogen and oxygen atoms in total. The molecule has 0 amide bonds. The van der Waals surface area contributed by atoms with E-state index in [0.29, 0.717) is 12.5 Å². The monoisotopic (exact) mass is 132 g/mol. The van der Waals surface area contributed by atoms with Crippen molar-refractivity contribution >= 4 is 0 Å². The maximum absolute atomic E-state index is 8.14. The van der Waals surface area contributed by atoms with Crippen LogP contribution >= 0.6 is 0 Å². The minimum atomic E-state index is 0. The van der Waals surface area contributed by atoms with Gasteiger partial charge in [0.2, 0.25) is 0 Å². The summed E-state index contributed by atoms with van der Waals surface area (Å²) in [5.41, 5.74) is 0. The van der Waals surface area contributed by atoms with Crippen molar-refractivity contribution in [2.24, 2.45) is 5.92 Å². The number of aliphatic hydroxyl groups is 1. The van der Waals surface area contributed by atoms with Crippen molar-refractivity contribution in [3.8, 4) is 0 Å². The van der Waals surface area contributed by atoms with Crippen LogP contribution in [-0.2, 0) is 16.5 Å². The normalized spacial score (nSPS) is 8.00. The third-order valence-corrected chi connectivity index (χ3v) is 0.365. The molecule has 2 heteroatoms. The molecule has 0 heterocycles. The average molecular weight is 133 g/mol. The Labute approximate surface area is 48.7 Å². The first-order valence-electron chi connectivity index (χ1n) is 1.88. The van der Waals surface area contributed by atoms with Crippen LogP contribution in [0.2, 0.25) is 0 Å². The molecule has 0 saturated heterocycles. The average Bonchev–Trinajstić information content (AvgIpc) is 1.38. The number of aliphatic hydroxyl groups excluding tert-OH is 1. The zero-order valence-corrected chi connectivity index (χ0v) is 5.04. The van der Waals surface area contributed by atoms with Crippen LogP contribution in [0, 0.1) is 5.92 Å². The van der Waals surface area contributed by atoms with Crippen molar-refractivity contribution in [1.29, 1.82) is 0 Å². The molecule has 0 saturated carbocycles. The molecule has 0 rings (SSSR count). The number of hydrogen-bond donors (Lipinski definition) is 1. The Bertz CT molecular complexity index is 21.5. The quantitative estimate of drug-likeness (QED) is 0.520. The summed E-state index contributed by atoms with van der Waals surface area (Å²) in [5, 5.41) is 8.14. The maximum atomic E-state index is 8.14. The van der Waals surface area contributed by atoms with Crippen molar-refractivity contribution < 1.29 is 21.6 Å². The van der Waals surface area contributed by atoms with Crippen molar-refractivity contribution in [2.75, 3.05) is 6.61 Å². The van der Waals surface area contributed by atoms with E-state index < -0.39 is 0 Å². The molecule has 0 aromatic heterocycles. The molecule has 0 aliphatic rings. The predicted octanol–water partition coefficient (Wildman–Crippen LogP) is 0.632. The van der Waals surface area contributed by atoms with Crippen molar-refractivity contribution in [1.82, 2.24) is 0 Å². The van der Waals surface area contributed by atoms with Gasteiger partial charge in [0.05, 0.1) is 0 Å². The second kappa shape index (κ2) is 5.45. The predicted molar refractivity (Wildman–Crippen MR) is 21.9 cm³/mol. The third-order valence-electron chi connectivity index (χ3n) is 0.365. The molecular formula is C4H10NiO. The molecule has 0 unspecified atom stereocenters. The Morgan fingerprint density at radius 3 is 1.67 bits per heavy atom. The summed E-state index contributed by atoms with van der Waals surface area (Å²) >= 11 is 0. The van der Waals surface area contributed by atoms with Gasteiger partial charge in [0, 0.05) is 23.1 Å². The van der Waals surface area contributed by atoms with Gasteiger partial charge in [0.1, 0.15) is 0 Å². The van der Waals surface area contributed by atoms with Gasteiger partial charge in [-0.25, -0.2) is 0 Å². The summed E-state index contributed by atoms with van der Waals surface area (Å²) in [5.74, 6) is 0.440. The van der Waals surface area contributed by atoms with Crippen molar-refractivity contribution in [3.05, 3.63) is 0 Å². The molecule has 0 aromatic rings. The standard InChI is InChI=1S/C4H10O.Ni/c1-4(2)3-5;/h4-5H,3H2,1-2H3;. The minimum absolute atomic E-state index is 0. The fraction of sp³-hybridized carbons (Fsp3) is 1.00. The molecule has 0 aliphatic heterocycles. The fourth-order valence-corrected chi connectivity index (χ4v) is 0. The van der Waals surface area contributed by atoms with Gasteiger partial charge in [-0.1, -0.05) is 13.8 Å². The molecule has 0 fully saturated rings. The van der Waals surface area contributed by atoms with Crippen LogP contribution in [-0.4, -0.2) is 11.7 Å².